The molecular formula is C26H28N2O3. The SMILES string of the molecule is CCc1ccc(CCOc2ccc(CC(N=Cc3ccccc3)C(=O)OC)cc2)nc1. The molecule has 0 aliphatic rings. The third kappa shape index (κ3) is 7.07. The topological polar surface area (TPSA) is 60.8 Å². The number of aliphatic imine (C=N–C) groups is 1. The molecule has 0 bridgehead atoms. The molecular weight excluding hydrogens is 388 g/mol. The summed E-state index contributed by atoms with van der Waals surface area (Å²) in [5, 5.41) is 0. The van der Waals surface area contributed by atoms with E-state index in [1.54, 1.807) is 6.21 Å². The van der Waals surface area contributed by atoms with Crippen LogP contribution in [0.1, 0.15) is 29.3 Å². The number of carbonyl (C=O) groups excluding carboxylic acids is 1. The van der Waals surface area contributed by atoms with Gasteiger partial charge in [-0.25, -0.2) is 4.79 Å². The second-order valence-electron chi connectivity index (χ2n) is 7.19. The van der Waals surface area contributed by atoms with Gasteiger partial charge in [-0.2, -0.15) is 0 Å². The van der Waals surface area contributed by atoms with Crippen molar-refractivity contribution in [1.82, 2.24) is 4.98 Å². The van der Waals surface area contributed by atoms with Crippen molar-refractivity contribution < 1.29 is 14.3 Å². The number of aryl methyl sites for hydroxylation is 1. The molecule has 1 unspecified atom stereocenters. The van der Waals surface area contributed by atoms with Gasteiger partial charge in [0.05, 0.1) is 13.7 Å². The van der Waals surface area contributed by atoms with Crippen molar-refractivity contribution in [2.24, 2.45) is 4.99 Å². The van der Waals surface area contributed by atoms with Crippen LogP contribution < -0.4 is 4.74 Å². The van der Waals surface area contributed by atoms with Crippen LogP contribution >= 0.6 is 0 Å². The Morgan fingerprint density at radius 1 is 1.03 bits per heavy atom. The molecule has 0 saturated carbocycles. The lowest BCUT2D eigenvalue weighted by atomic mass is 10.1. The van der Waals surface area contributed by atoms with Gasteiger partial charge in [-0.1, -0.05) is 55.5 Å². The molecule has 0 aliphatic heterocycles. The fourth-order valence-corrected chi connectivity index (χ4v) is 3.08. The molecule has 0 amide bonds. The zero-order valence-electron chi connectivity index (χ0n) is 18.0. The highest BCUT2D eigenvalue weighted by Gasteiger charge is 2.18. The lowest BCUT2D eigenvalue weighted by Gasteiger charge is -2.11. The molecule has 0 N–H and O–H groups in total. The Bertz CT molecular complexity index is 968. The normalized spacial score (nSPS) is 11.9. The first kappa shape index (κ1) is 22.2. The van der Waals surface area contributed by atoms with Gasteiger partial charge < -0.3 is 9.47 Å². The van der Waals surface area contributed by atoms with Crippen LogP contribution in [-0.2, 0) is 28.8 Å². The summed E-state index contributed by atoms with van der Waals surface area (Å²) in [6, 6.07) is 21.0. The molecule has 3 rings (SSSR count). The van der Waals surface area contributed by atoms with Crippen molar-refractivity contribution in [1.29, 1.82) is 0 Å². The number of nitrogens with zero attached hydrogens (tertiary/aromatic N) is 2. The molecule has 31 heavy (non-hydrogen) atoms. The number of methoxy groups -OCH3 is 1. The van der Waals surface area contributed by atoms with E-state index in [1.165, 1.54) is 12.7 Å². The first-order chi connectivity index (χ1) is 15.2. The zero-order valence-corrected chi connectivity index (χ0v) is 18.0. The van der Waals surface area contributed by atoms with E-state index >= 15 is 0 Å². The van der Waals surface area contributed by atoms with E-state index in [4.69, 9.17) is 9.47 Å². The minimum Gasteiger partial charge on any atom is -0.493 e. The van der Waals surface area contributed by atoms with Gasteiger partial charge in [0.15, 0.2) is 6.04 Å². The van der Waals surface area contributed by atoms with E-state index in [0.29, 0.717) is 13.0 Å². The molecule has 1 heterocycles. The monoisotopic (exact) mass is 416 g/mol. The Balaban J connectivity index is 1.54. The zero-order chi connectivity index (χ0) is 21.9. The van der Waals surface area contributed by atoms with Crippen molar-refractivity contribution in [3.63, 3.8) is 0 Å². The number of hydrogen-bond donors (Lipinski definition) is 0. The number of esters is 1. The number of benzene rings is 2. The Morgan fingerprint density at radius 3 is 2.42 bits per heavy atom. The Kier molecular flexibility index (Phi) is 8.35. The Hall–Kier alpha value is -3.47. The molecule has 5 heteroatoms. The van der Waals surface area contributed by atoms with Crippen LogP contribution in [0, 0.1) is 0 Å². The van der Waals surface area contributed by atoms with E-state index in [9.17, 15) is 4.79 Å². The lowest BCUT2D eigenvalue weighted by molar-refractivity contribution is -0.142. The van der Waals surface area contributed by atoms with E-state index in [0.717, 1.165) is 35.4 Å². The van der Waals surface area contributed by atoms with E-state index in [1.807, 2.05) is 66.9 Å². The highest BCUT2D eigenvalue weighted by atomic mass is 16.5. The third-order valence-electron chi connectivity index (χ3n) is 4.95. The largest absolute Gasteiger partial charge is 0.493 e. The average Bonchev–Trinajstić information content (AvgIpc) is 2.83. The molecule has 3 aromatic rings. The second kappa shape index (κ2) is 11.6. The van der Waals surface area contributed by atoms with Crippen molar-refractivity contribution in [2.75, 3.05) is 13.7 Å². The van der Waals surface area contributed by atoms with Gasteiger partial charge in [-0.3, -0.25) is 9.98 Å². The van der Waals surface area contributed by atoms with Gasteiger partial charge in [-0.05, 0) is 41.3 Å². The van der Waals surface area contributed by atoms with Gasteiger partial charge >= 0.3 is 5.97 Å². The van der Waals surface area contributed by atoms with Gasteiger partial charge in [0.25, 0.3) is 0 Å². The summed E-state index contributed by atoms with van der Waals surface area (Å²) in [4.78, 5) is 21.0. The van der Waals surface area contributed by atoms with Crippen LogP contribution in [0.15, 0.2) is 77.9 Å². The van der Waals surface area contributed by atoms with Crippen LogP contribution in [0.5, 0.6) is 5.75 Å². The highest BCUT2D eigenvalue weighted by Crippen LogP contribution is 2.15. The molecule has 0 saturated heterocycles. The summed E-state index contributed by atoms with van der Waals surface area (Å²) in [5.41, 5.74) is 4.19. The Labute approximate surface area is 183 Å². The minimum absolute atomic E-state index is 0.353. The molecule has 0 fully saturated rings. The summed E-state index contributed by atoms with van der Waals surface area (Å²) in [6.07, 6.45) is 5.83. The number of pyridine rings is 1. The number of ether oxygens (including phenoxy) is 2. The third-order valence-corrected chi connectivity index (χ3v) is 4.95. The van der Waals surface area contributed by atoms with E-state index in [2.05, 4.69) is 23.0 Å². The Morgan fingerprint density at radius 2 is 1.77 bits per heavy atom. The number of rotatable bonds is 10. The summed E-state index contributed by atoms with van der Waals surface area (Å²) in [7, 11) is 1.38. The molecule has 0 radical (unpaired) electrons. The predicted octanol–water partition coefficient (Wildman–Crippen LogP) is 4.47. The lowest BCUT2D eigenvalue weighted by Crippen LogP contribution is -2.23. The molecule has 0 spiro atoms. The number of carbonyl (C=O) groups is 1. The molecule has 5 nitrogen and oxygen atoms in total. The van der Waals surface area contributed by atoms with Crippen molar-refractivity contribution in [3.8, 4) is 5.75 Å². The maximum Gasteiger partial charge on any atom is 0.330 e. The summed E-state index contributed by atoms with van der Waals surface area (Å²) >= 11 is 0. The summed E-state index contributed by atoms with van der Waals surface area (Å²) < 4.78 is 10.8. The van der Waals surface area contributed by atoms with Crippen LogP contribution in [0.4, 0.5) is 0 Å². The maximum absolute atomic E-state index is 12.2. The number of aromatic nitrogens is 1. The number of hydrogen-bond acceptors (Lipinski definition) is 5. The van der Waals surface area contributed by atoms with Gasteiger partial charge in [0.2, 0.25) is 0 Å². The van der Waals surface area contributed by atoms with Crippen LogP contribution in [0.25, 0.3) is 0 Å². The fourth-order valence-electron chi connectivity index (χ4n) is 3.08. The molecule has 160 valence electrons. The van der Waals surface area contributed by atoms with Crippen LogP contribution in [-0.4, -0.2) is 36.9 Å². The smallest absolute Gasteiger partial charge is 0.330 e. The first-order valence-electron chi connectivity index (χ1n) is 10.5. The first-order valence-corrected chi connectivity index (χ1v) is 10.5. The summed E-state index contributed by atoms with van der Waals surface area (Å²) in [5.74, 6) is 0.436. The maximum atomic E-state index is 12.2. The van der Waals surface area contributed by atoms with Gasteiger partial charge in [0.1, 0.15) is 5.75 Å². The average molecular weight is 417 g/mol. The molecule has 1 aromatic heterocycles. The minimum atomic E-state index is -0.589. The molecule has 1 atom stereocenters. The highest BCUT2D eigenvalue weighted by molar-refractivity contribution is 5.84. The predicted molar refractivity (Wildman–Crippen MR) is 123 cm³/mol. The van der Waals surface area contributed by atoms with Crippen LogP contribution in [0.3, 0.4) is 0 Å². The standard InChI is InChI=1S/C26H28N2O3/c1-3-20-9-12-23(27-18-20)15-16-31-24-13-10-21(11-14-24)17-25(26(29)30-2)28-19-22-7-5-4-6-8-22/h4-14,18-19,25H,3,15-17H2,1-2H3. The van der Waals surface area contributed by atoms with Gasteiger partial charge in [0, 0.05) is 30.9 Å². The van der Waals surface area contributed by atoms with Crippen molar-refractivity contribution in [2.45, 2.75) is 32.2 Å². The molecule has 0 aliphatic carbocycles. The van der Waals surface area contributed by atoms with E-state index in [-0.39, 0.29) is 5.97 Å². The van der Waals surface area contributed by atoms with E-state index < -0.39 is 6.04 Å². The van der Waals surface area contributed by atoms with Crippen molar-refractivity contribution in [3.05, 3.63) is 95.3 Å². The molecule has 2 aromatic carbocycles. The second-order valence-corrected chi connectivity index (χ2v) is 7.19. The van der Waals surface area contributed by atoms with Gasteiger partial charge in [-0.15, -0.1) is 0 Å². The summed E-state index contributed by atoms with van der Waals surface area (Å²) in [6.45, 7) is 2.68. The van der Waals surface area contributed by atoms with Crippen molar-refractivity contribution >= 4 is 12.2 Å². The fraction of sp³-hybridized carbons (Fsp3) is 0.269. The van der Waals surface area contributed by atoms with Crippen LogP contribution in [0.2, 0.25) is 0 Å². The quantitative estimate of drug-likeness (QED) is 0.361.